The number of benzene rings is 2. The van der Waals surface area contributed by atoms with E-state index in [2.05, 4.69) is 5.32 Å². The monoisotopic (exact) mass is 326 g/mol. The molecule has 0 radical (unpaired) electrons. The van der Waals surface area contributed by atoms with Crippen molar-refractivity contribution in [2.75, 3.05) is 5.32 Å². The molecule has 0 atom stereocenters. The van der Waals surface area contributed by atoms with Gasteiger partial charge in [-0.2, -0.15) is 5.26 Å². The molecule has 0 bridgehead atoms. The molecule has 114 valence electrons. The van der Waals surface area contributed by atoms with Crippen molar-refractivity contribution in [2.24, 2.45) is 0 Å². The fourth-order valence-electron chi connectivity index (χ4n) is 1.77. The molecular weight excluding hydrogens is 316 g/mol. The molecule has 0 aliphatic rings. The molecule has 0 saturated heterocycles. The summed E-state index contributed by atoms with van der Waals surface area (Å²) in [6, 6.07) is 14.2. The van der Waals surface area contributed by atoms with E-state index in [1.165, 1.54) is 30.3 Å². The Morgan fingerprint density at radius 1 is 1.09 bits per heavy atom. The van der Waals surface area contributed by atoms with Crippen LogP contribution in [0.5, 0.6) is 0 Å². The first-order chi connectivity index (χ1) is 11.0. The Balaban J connectivity index is 2.15. The van der Waals surface area contributed by atoms with E-state index < -0.39 is 11.9 Å². The number of hydrogen-bond donors (Lipinski definition) is 2. The number of aromatic carboxylic acids is 1. The van der Waals surface area contributed by atoms with Gasteiger partial charge in [0.1, 0.15) is 11.6 Å². The number of rotatable bonds is 4. The van der Waals surface area contributed by atoms with E-state index in [1.54, 1.807) is 24.3 Å². The molecule has 23 heavy (non-hydrogen) atoms. The second kappa shape index (κ2) is 7.25. The SMILES string of the molecule is N#C/C(=C\c1ccc(Cl)cc1)C(=O)Nc1ccc(C(=O)O)cc1. The summed E-state index contributed by atoms with van der Waals surface area (Å²) in [5.74, 6) is -1.63. The Labute approximate surface area is 137 Å². The molecule has 0 saturated carbocycles. The standard InChI is InChI=1S/C17H11ClN2O3/c18-14-5-1-11(2-6-14)9-13(10-19)16(21)20-15-7-3-12(4-8-15)17(22)23/h1-9H,(H,20,21)(H,22,23)/b13-9+. The summed E-state index contributed by atoms with van der Waals surface area (Å²) in [5.41, 5.74) is 1.11. The van der Waals surface area contributed by atoms with E-state index in [4.69, 9.17) is 22.0 Å². The number of carboxylic acid groups (broad SMARTS) is 1. The molecule has 0 heterocycles. The lowest BCUT2D eigenvalue weighted by Gasteiger charge is -2.05. The molecule has 2 N–H and O–H groups in total. The number of hydrogen-bond acceptors (Lipinski definition) is 3. The summed E-state index contributed by atoms with van der Waals surface area (Å²) >= 11 is 5.78. The van der Waals surface area contributed by atoms with E-state index in [0.717, 1.165) is 0 Å². The van der Waals surface area contributed by atoms with Crippen molar-refractivity contribution in [3.63, 3.8) is 0 Å². The number of anilines is 1. The Morgan fingerprint density at radius 2 is 1.70 bits per heavy atom. The highest BCUT2D eigenvalue weighted by Crippen LogP contribution is 2.14. The molecule has 0 aliphatic carbocycles. The van der Waals surface area contributed by atoms with E-state index in [0.29, 0.717) is 16.3 Å². The Kier molecular flexibility index (Phi) is 5.13. The lowest BCUT2D eigenvalue weighted by Crippen LogP contribution is -2.13. The van der Waals surface area contributed by atoms with Crippen molar-refractivity contribution < 1.29 is 14.7 Å². The molecule has 1 amide bonds. The van der Waals surface area contributed by atoms with Gasteiger partial charge < -0.3 is 10.4 Å². The molecule has 5 nitrogen and oxygen atoms in total. The van der Waals surface area contributed by atoms with Crippen molar-refractivity contribution in [3.05, 3.63) is 70.3 Å². The molecule has 0 aromatic heterocycles. The number of nitrogens with zero attached hydrogens (tertiary/aromatic N) is 1. The van der Waals surface area contributed by atoms with Gasteiger partial charge >= 0.3 is 5.97 Å². The molecule has 2 aromatic carbocycles. The van der Waals surface area contributed by atoms with Crippen LogP contribution in [-0.4, -0.2) is 17.0 Å². The van der Waals surface area contributed by atoms with Gasteiger partial charge in [0, 0.05) is 10.7 Å². The number of nitrogens with one attached hydrogen (secondary N) is 1. The van der Waals surface area contributed by atoms with Gasteiger partial charge in [-0.3, -0.25) is 4.79 Å². The fraction of sp³-hybridized carbons (Fsp3) is 0. The minimum absolute atomic E-state index is 0.0744. The summed E-state index contributed by atoms with van der Waals surface area (Å²) in [5, 5.41) is 21.0. The zero-order valence-corrected chi connectivity index (χ0v) is 12.5. The lowest BCUT2D eigenvalue weighted by molar-refractivity contribution is -0.112. The van der Waals surface area contributed by atoms with Gasteiger partial charge in [-0.25, -0.2) is 4.79 Å². The van der Waals surface area contributed by atoms with Crippen molar-refractivity contribution in [3.8, 4) is 6.07 Å². The van der Waals surface area contributed by atoms with Crippen LogP contribution in [0.25, 0.3) is 6.08 Å². The summed E-state index contributed by atoms with van der Waals surface area (Å²) in [6.45, 7) is 0. The highest BCUT2D eigenvalue weighted by Gasteiger charge is 2.10. The largest absolute Gasteiger partial charge is 0.478 e. The average Bonchev–Trinajstić information content (AvgIpc) is 2.54. The van der Waals surface area contributed by atoms with E-state index in [9.17, 15) is 9.59 Å². The molecule has 0 spiro atoms. The van der Waals surface area contributed by atoms with Gasteiger partial charge in [-0.05, 0) is 48.0 Å². The predicted molar refractivity (Wildman–Crippen MR) is 87.1 cm³/mol. The third-order valence-electron chi connectivity index (χ3n) is 2.94. The van der Waals surface area contributed by atoms with Crippen LogP contribution in [0.15, 0.2) is 54.1 Å². The lowest BCUT2D eigenvalue weighted by atomic mass is 10.1. The van der Waals surface area contributed by atoms with Gasteiger partial charge in [0.05, 0.1) is 5.56 Å². The Bertz CT molecular complexity index is 803. The first kappa shape index (κ1) is 16.3. The fourth-order valence-corrected chi connectivity index (χ4v) is 1.89. The van der Waals surface area contributed by atoms with Crippen LogP contribution in [0.1, 0.15) is 15.9 Å². The summed E-state index contributed by atoms with van der Waals surface area (Å²) in [7, 11) is 0. The van der Waals surface area contributed by atoms with Crippen LogP contribution in [0, 0.1) is 11.3 Å². The maximum atomic E-state index is 12.1. The Morgan fingerprint density at radius 3 is 2.22 bits per heavy atom. The van der Waals surface area contributed by atoms with Crippen molar-refractivity contribution in [1.29, 1.82) is 5.26 Å². The maximum absolute atomic E-state index is 12.1. The molecule has 2 aromatic rings. The van der Waals surface area contributed by atoms with Gasteiger partial charge in [-0.15, -0.1) is 0 Å². The molecule has 2 rings (SSSR count). The van der Waals surface area contributed by atoms with Crippen LogP contribution < -0.4 is 5.32 Å². The van der Waals surface area contributed by atoms with Crippen LogP contribution in [0.2, 0.25) is 5.02 Å². The first-order valence-electron chi connectivity index (χ1n) is 6.51. The first-order valence-corrected chi connectivity index (χ1v) is 6.89. The highest BCUT2D eigenvalue weighted by atomic mass is 35.5. The van der Waals surface area contributed by atoms with Gasteiger partial charge in [0.25, 0.3) is 5.91 Å². The molecular formula is C17H11ClN2O3. The summed E-state index contributed by atoms with van der Waals surface area (Å²) in [6.07, 6.45) is 1.44. The number of carbonyl (C=O) groups excluding carboxylic acids is 1. The van der Waals surface area contributed by atoms with Gasteiger partial charge in [0.15, 0.2) is 0 Å². The highest BCUT2D eigenvalue weighted by molar-refractivity contribution is 6.30. The van der Waals surface area contributed by atoms with Crippen LogP contribution >= 0.6 is 11.6 Å². The third kappa shape index (κ3) is 4.43. The zero-order chi connectivity index (χ0) is 16.8. The quantitative estimate of drug-likeness (QED) is 0.663. The summed E-state index contributed by atoms with van der Waals surface area (Å²) < 4.78 is 0. The molecule has 0 fully saturated rings. The molecule has 6 heteroatoms. The summed E-state index contributed by atoms with van der Waals surface area (Å²) in [4.78, 5) is 22.9. The molecule has 0 aliphatic heterocycles. The van der Waals surface area contributed by atoms with E-state index in [1.807, 2.05) is 6.07 Å². The van der Waals surface area contributed by atoms with Crippen molar-refractivity contribution >= 4 is 35.2 Å². The second-order valence-electron chi connectivity index (χ2n) is 4.56. The number of halogens is 1. The maximum Gasteiger partial charge on any atom is 0.335 e. The molecule has 0 unspecified atom stereocenters. The topological polar surface area (TPSA) is 90.2 Å². The minimum Gasteiger partial charge on any atom is -0.478 e. The number of amides is 1. The van der Waals surface area contributed by atoms with Crippen LogP contribution in [0.3, 0.4) is 0 Å². The average molecular weight is 327 g/mol. The van der Waals surface area contributed by atoms with Gasteiger partial charge in [0.2, 0.25) is 0 Å². The second-order valence-corrected chi connectivity index (χ2v) is 4.99. The van der Waals surface area contributed by atoms with Crippen molar-refractivity contribution in [1.82, 2.24) is 0 Å². The normalized spacial score (nSPS) is 10.7. The number of carbonyl (C=O) groups is 2. The number of carboxylic acids is 1. The smallest absolute Gasteiger partial charge is 0.335 e. The zero-order valence-electron chi connectivity index (χ0n) is 11.8. The predicted octanol–water partition coefficient (Wildman–Crippen LogP) is 3.58. The third-order valence-corrected chi connectivity index (χ3v) is 3.19. The van der Waals surface area contributed by atoms with Crippen LogP contribution in [-0.2, 0) is 4.79 Å². The van der Waals surface area contributed by atoms with Crippen molar-refractivity contribution in [2.45, 2.75) is 0 Å². The minimum atomic E-state index is -1.05. The van der Waals surface area contributed by atoms with E-state index in [-0.39, 0.29) is 11.1 Å². The van der Waals surface area contributed by atoms with Gasteiger partial charge in [-0.1, -0.05) is 23.7 Å². The number of nitriles is 1. The Hall–Kier alpha value is -3.10. The van der Waals surface area contributed by atoms with Crippen LogP contribution in [0.4, 0.5) is 5.69 Å². The van der Waals surface area contributed by atoms with E-state index >= 15 is 0 Å².